The van der Waals surface area contributed by atoms with E-state index in [1.807, 2.05) is 0 Å². The first-order valence-electron chi connectivity index (χ1n) is 7.70. The quantitative estimate of drug-likeness (QED) is 0.863. The Kier molecular flexibility index (Phi) is 5.27. The zero-order valence-corrected chi connectivity index (χ0v) is 13.6. The number of carbonyl (C=O) groups is 1. The van der Waals surface area contributed by atoms with Gasteiger partial charge in [0, 0.05) is 30.7 Å². The van der Waals surface area contributed by atoms with Crippen LogP contribution in [0.1, 0.15) is 23.3 Å². The Bertz CT molecular complexity index is 736. The van der Waals surface area contributed by atoms with Gasteiger partial charge in [-0.15, -0.1) is 0 Å². The average Bonchev–Trinajstić information content (AvgIpc) is 3.10. The molecule has 2 aromatic rings. The Morgan fingerprint density at radius 2 is 2.21 bits per heavy atom. The number of amides is 1. The van der Waals surface area contributed by atoms with Gasteiger partial charge in [-0.05, 0) is 43.2 Å². The molecule has 126 valence electrons. The fraction of sp³-hybridized carbons (Fsp3) is 0.294. The average molecular weight is 350 g/mol. The van der Waals surface area contributed by atoms with Crippen LogP contribution >= 0.6 is 11.6 Å². The van der Waals surface area contributed by atoms with Crippen LogP contribution in [0.5, 0.6) is 0 Å². The van der Waals surface area contributed by atoms with Crippen molar-refractivity contribution in [1.29, 1.82) is 0 Å². The molecule has 1 aromatic heterocycles. The molecular weight excluding hydrogens is 333 g/mol. The summed E-state index contributed by atoms with van der Waals surface area (Å²) in [6.45, 7) is 1.50. The first kappa shape index (κ1) is 16.7. The molecule has 3 rings (SSSR count). The molecule has 0 spiro atoms. The van der Waals surface area contributed by atoms with Gasteiger partial charge in [0.1, 0.15) is 11.5 Å². The molecule has 1 atom stereocenters. The number of pyridine rings is 1. The third kappa shape index (κ3) is 4.21. The third-order valence-corrected chi connectivity index (χ3v) is 4.02. The lowest BCUT2D eigenvalue weighted by atomic mass is 10.2. The van der Waals surface area contributed by atoms with Gasteiger partial charge < -0.3 is 15.4 Å². The third-order valence-electron chi connectivity index (χ3n) is 3.73. The molecule has 7 heteroatoms. The molecule has 1 amide bonds. The summed E-state index contributed by atoms with van der Waals surface area (Å²) in [4.78, 5) is 16.3. The molecule has 2 N–H and O–H groups in total. The minimum atomic E-state index is -0.534. The molecular formula is C17H17ClFN3O2. The number of nitrogens with one attached hydrogen (secondary N) is 2. The predicted molar refractivity (Wildman–Crippen MR) is 91.1 cm³/mol. The first-order valence-corrected chi connectivity index (χ1v) is 8.07. The molecule has 1 unspecified atom stereocenters. The van der Waals surface area contributed by atoms with Crippen LogP contribution in [0, 0.1) is 5.82 Å². The van der Waals surface area contributed by atoms with Crippen molar-refractivity contribution in [3.8, 4) is 0 Å². The van der Waals surface area contributed by atoms with Crippen LogP contribution in [0.3, 0.4) is 0 Å². The molecule has 1 fully saturated rings. The highest BCUT2D eigenvalue weighted by atomic mass is 35.5. The van der Waals surface area contributed by atoms with E-state index in [1.54, 1.807) is 18.3 Å². The second-order valence-corrected chi connectivity index (χ2v) is 5.94. The molecule has 1 aliphatic rings. The van der Waals surface area contributed by atoms with Gasteiger partial charge in [0.2, 0.25) is 0 Å². The summed E-state index contributed by atoms with van der Waals surface area (Å²) in [5.74, 6) is -0.924. The highest BCUT2D eigenvalue weighted by Crippen LogP contribution is 2.20. The van der Waals surface area contributed by atoms with E-state index >= 15 is 0 Å². The Morgan fingerprint density at radius 3 is 2.96 bits per heavy atom. The van der Waals surface area contributed by atoms with Gasteiger partial charge >= 0.3 is 0 Å². The summed E-state index contributed by atoms with van der Waals surface area (Å²) < 4.78 is 18.7. The number of benzene rings is 1. The number of nitrogens with zero attached hydrogens (tertiary/aromatic N) is 1. The van der Waals surface area contributed by atoms with Gasteiger partial charge in [-0.2, -0.15) is 0 Å². The number of hydrogen-bond donors (Lipinski definition) is 2. The maximum atomic E-state index is 13.1. The van der Waals surface area contributed by atoms with E-state index in [4.69, 9.17) is 16.3 Å². The van der Waals surface area contributed by atoms with Crippen molar-refractivity contribution in [2.75, 3.05) is 23.8 Å². The van der Waals surface area contributed by atoms with E-state index in [0.717, 1.165) is 25.1 Å². The van der Waals surface area contributed by atoms with E-state index in [2.05, 4.69) is 15.6 Å². The molecule has 1 aliphatic heterocycles. The van der Waals surface area contributed by atoms with E-state index < -0.39 is 11.7 Å². The summed E-state index contributed by atoms with van der Waals surface area (Å²) in [5.41, 5.74) is 1.46. The van der Waals surface area contributed by atoms with Gasteiger partial charge in [-0.3, -0.25) is 9.78 Å². The molecule has 0 bridgehead atoms. The number of aromatic nitrogens is 1. The second kappa shape index (κ2) is 7.59. The molecule has 1 aromatic carbocycles. The van der Waals surface area contributed by atoms with Crippen molar-refractivity contribution in [3.05, 3.63) is 53.1 Å². The van der Waals surface area contributed by atoms with Crippen molar-refractivity contribution >= 4 is 28.9 Å². The molecule has 1 saturated heterocycles. The van der Waals surface area contributed by atoms with Crippen molar-refractivity contribution in [3.63, 3.8) is 0 Å². The number of anilines is 2. The van der Waals surface area contributed by atoms with Crippen molar-refractivity contribution < 1.29 is 13.9 Å². The summed E-state index contributed by atoms with van der Waals surface area (Å²) in [6.07, 6.45) is 3.88. The normalized spacial score (nSPS) is 16.8. The van der Waals surface area contributed by atoms with Crippen LogP contribution < -0.4 is 10.6 Å². The monoisotopic (exact) mass is 349 g/mol. The molecule has 2 heterocycles. The number of rotatable bonds is 5. The van der Waals surface area contributed by atoms with Gasteiger partial charge in [0.25, 0.3) is 5.91 Å². The minimum Gasteiger partial charge on any atom is -0.382 e. The Morgan fingerprint density at radius 1 is 1.33 bits per heavy atom. The van der Waals surface area contributed by atoms with E-state index in [-0.39, 0.29) is 16.8 Å². The summed E-state index contributed by atoms with van der Waals surface area (Å²) in [5, 5.41) is 5.84. The highest BCUT2D eigenvalue weighted by Gasteiger charge is 2.15. The molecule has 0 aliphatic carbocycles. The fourth-order valence-electron chi connectivity index (χ4n) is 2.47. The molecule has 5 nitrogen and oxygen atoms in total. The van der Waals surface area contributed by atoms with Crippen molar-refractivity contribution in [1.82, 2.24) is 4.98 Å². The van der Waals surface area contributed by atoms with Gasteiger partial charge in [0.05, 0.1) is 11.1 Å². The number of halogens is 2. The zero-order valence-electron chi connectivity index (χ0n) is 12.9. The molecule has 24 heavy (non-hydrogen) atoms. The standard InChI is InChI=1S/C17H17ClFN3O2/c18-14-8-12(3-4-15(14)19)22-17(23)16-9-11(5-6-20-16)21-10-13-2-1-7-24-13/h3-6,8-9,13H,1-2,7,10H2,(H,20,21)(H,22,23). The number of hydrogen-bond acceptors (Lipinski definition) is 4. The Hall–Kier alpha value is -2.18. The van der Waals surface area contributed by atoms with Crippen LogP contribution in [0.2, 0.25) is 5.02 Å². The second-order valence-electron chi connectivity index (χ2n) is 5.53. The number of carbonyl (C=O) groups excluding carboxylic acids is 1. The van der Waals surface area contributed by atoms with Crippen LogP contribution in [0.15, 0.2) is 36.5 Å². The van der Waals surface area contributed by atoms with Gasteiger partial charge in [0.15, 0.2) is 0 Å². The fourth-order valence-corrected chi connectivity index (χ4v) is 2.65. The topological polar surface area (TPSA) is 63.2 Å². The maximum absolute atomic E-state index is 13.1. The minimum absolute atomic E-state index is 0.0484. The molecule has 0 radical (unpaired) electrons. The predicted octanol–water partition coefficient (Wildman–Crippen LogP) is 3.72. The van der Waals surface area contributed by atoms with Crippen LogP contribution in [0.25, 0.3) is 0 Å². The largest absolute Gasteiger partial charge is 0.382 e. The lowest BCUT2D eigenvalue weighted by Crippen LogP contribution is -2.19. The van der Waals surface area contributed by atoms with Gasteiger partial charge in [-0.1, -0.05) is 11.6 Å². The van der Waals surface area contributed by atoms with E-state index in [0.29, 0.717) is 12.2 Å². The van der Waals surface area contributed by atoms with Crippen molar-refractivity contribution in [2.24, 2.45) is 0 Å². The van der Waals surface area contributed by atoms with E-state index in [1.165, 1.54) is 18.2 Å². The highest BCUT2D eigenvalue weighted by molar-refractivity contribution is 6.31. The van der Waals surface area contributed by atoms with Crippen LogP contribution in [0.4, 0.5) is 15.8 Å². The van der Waals surface area contributed by atoms with Crippen LogP contribution in [-0.4, -0.2) is 30.1 Å². The summed E-state index contributed by atoms with van der Waals surface area (Å²) in [7, 11) is 0. The zero-order chi connectivity index (χ0) is 16.9. The first-order chi connectivity index (χ1) is 11.6. The van der Waals surface area contributed by atoms with Gasteiger partial charge in [-0.25, -0.2) is 4.39 Å². The summed E-state index contributed by atoms with van der Waals surface area (Å²) >= 11 is 5.71. The maximum Gasteiger partial charge on any atom is 0.274 e. The van der Waals surface area contributed by atoms with E-state index in [9.17, 15) is 9.18 Å². The smallest absolute Gasteiger partial charge is 0.274 e. The lowest BCUT2D eigenvalue weighted by molar-refractivity contribution is 0.102. The summed E-state index contributed by atoms with van der Waals surface area (Å²) in [6, 6.07) is 7.45. The lowest BCUT2D eigenvalue weighted by Gasteiger charge is -2.12. The Balaban J connectivity index is 1.63. The number of ether oxygens (including phenoxy) is 1. The van der Waals surface area contributed by atoms with Crippen molar-refractivity contribution in [2.45, 2.75) is 18.9 Å². The SMILES string of the molecule is O=C(Nc1ccc(F)c(Cl)c1)c1cc(NCC2CCCO2)ccn1. The molecule has 0 saturated carbocycles. The Labute approximate surface area is 144 Å². The van der Waals surface area contributed by atoms with Crippen LogP contribution in [-0.2, 0) is 4.74 Å².